The average molecular weight is 260 g/mol. The lowest BCUT2D eigenvalue weighted by Crippen LogP contribution is -2.37. The molecule has 0 bridgehead atoms. The van der Waals surface area contributed by atoms with Crippen LogP contribution in [-0.4, -0.2) is 26.5 Å². The van der Waals surface area contributed by atoms with Crippen molar-refractivity contribution in [2.24, 2.45) is 0 Å². The van der Waals surface area contributed by atoms with Crippen LogP contribution in [0.5, 0.6) is 0 Å². The Labute approximate surface area is 110 Å². The van der Waals surface area contributed by atoms with E-state index in [4.69, 9.17) is 0 Å². The lowest BCUT2D eigenvalue weighted by Gasteiger charge is -2.12. The lowest BCUT2D eigenvalue weighted by atomic mass is 10.2. The van der Waals surface area contributed by atoms with E-state index < -0.39 is 0 Å². The first kappa shape index (κ1) is 13.2. The molecule has 1 atom stereocenters. The SMILES string of the molecule is CC[C@@H](C)NC(=O)Cn1cnc2ncccc2c1=O. The van der Waals surface area contributed by atoms with Gasteiger partial charge in [-0.1, -0.05) is 6.92 Å². The summed E-state index contributed by atoms with van der Waals surface area (Å²) in [6.07, 6.45) is 3.78. The number of fused-ring (bicyclic) bond motifs is 1. The first-order valence-corrected chi connectivity index (χ1v) is 6.21. The van der Waals surface area contributed by atoms with Crippen molar-refractivity contribution in [1.82, 2.24) is 19.9 Å². The van der Waals surface area contributed by atoms with Crippen LogP contribution in [0.1, 0.15) is 20.3 Å². The van der Waals surface area contributed by atoms with Gasteiger partial charge in [-0.3, -0.25) is 14.2 Å². The van der Waals surface area contributed by atoms with E-state index in [1.165, 1.54) is 10.9 Å². The number of nitrogens with one attached hydrogen (secondary N) is 1. The van der Waals surface area contributed by atoms with Crippen LogP contribution < -0.4 is 10.9 Å². The van der Waals surface area contributed by atoms with E-state index >= 15 is 0 Å². The monoisotopic (exact) mass is 260 g/mol. The summed E-state index contributed by atoms with van der Waals surface area (Å²) < 4.78 is 1.29. The van der Waals surface area contributed by atoms with Gasteiger partial charge in [-0.05, 0) is 25.5 Å². The number of amides is 1. The molecule has 100 valence electrons. The van der Waals surface area contributed by atoms with E-state index in [2.05, 4.69) is 15.3 Å². The second kappa shape index (κ2) is 5.60. The van der Waals surface area contributed by atoms with Gasteiger partial charge in [0.05, 0.1) is 5.39 Å². The lowest BCUT2D eigenvalue weighted by molar-refractivity contribution is -0.122. The van der Waals surface area contributed by atoms with E-state index in [1.54, 1.807) is 18.3 Å². The maximum Gasteiger partial charge on any atom is 0.263 e. The Kier molecular flexibility index (Phi) is 3.89. The Morgan fingerprint density at radius 2 is 2.26 bits per heavy atom. The fraction of sp³-hybridized carbons (Fsp3) is 0.385. The molecule has 0 aliphatic rings. The van der Waals surface area contributed by atoms with Gasteiger partial charge in [0, 0.05) is 12.2 Å². The molecule has 0 aliphatic heterocycles. The summed E-state index contributed by atoms with van der Waals surface area (Å²) in [6, 6.07) is 3.42. The number of pyridine rings is 1. The largest absolute Gasteiger partial charge is 0.352 e. The fourth-order valence-corrected chi connectivity index (χ4v) is 1.69. The highest BCUT2D eigenvalue weighted by Gasteiger charge is 2.09. The van der Waals surface area contributed by atoms with Crippen molar-refractivity contribution in [3.8, 4) is 0 Å². The van der Waals surface area contributed by atoms with Crippen LogP contribution in [0, 0.1) is 0 Å². The minimum absolute atomic E-state index is 0.0268. The molecule has 2 heterocycles. The van der Waals surface area contributed by atoms with Gasteiger partial charge >= 0.3 is 0 Å². The molecule has 1 amide bonds. The standard InChI is InChI=1S/C13H16N4O2/c1-3-9(2)16-11(18)7-17-8-15-12-10(13(17)19)5-4-6-14-12/h4-6,8-9H,3,7H2,1-2H3,(H,16,18)/t9-/m1/s1. The highest BCUT2D eigenvalue weighted by molar-refractivity contribution is 5.77. The number of carbonyl (C=O) groups is 1. The second-order valence-corrected chi connectivity index (χ2v) is 4.43. The molecule has 0 radical (unpaired) electrons. The summed E-state index contributed by atoms with van der Waals surface area (Å²) in [5.74, 6) is -0.193. The molecule has 0 aromatic carbocycles. The van der Waals surface area contributed by atoms with Crippen molar-refractivity contribution in [2.75, 3.05) is 0 Å². The molecule has 6 nitrogen and oxygen atoms in total. The number of carbonyl (C=O) groups excluding carboxylic acids is 1. The Bertz CT molecular complexity index is 650. The molecule has 0 saturated heterocycles. The van der Waals surface area contributed by atoms with E-state index in [0.29, 0.717) is 11.0 Å². The molecular formula is C13H16N4O2. The van der Waals surface area contributed by atoms with E-state index in [9.17, 15) is 9.59 Å². The Balaban J connectivity index is 2.24. The van der Waals surface area contributed by atoms with Crippen LogP contribution in [-0.2, 0) is 11.3 Å². The fourth-order valence-electron chi connectivity index (χ4n) is 1.69. The number of nitrogens with zero attached hydrogens (tertiary/aromatic N) is 3. The second-order valence-electron chi connectivity index (χ2n) is 4.43. The third-order valence-electron chi connectivity index (χ3n) is 2.93. The normalized spacial score (nSPS) is 12.3. The molecule has 6 heteroatoms. The maximum atomic E-state index is 12.1. The predicted octanol–water partition coefficient (Wildman–Crippen LogP) is 0.706. The predicted molar refractivity (Wildman–Crippen MR) is 71.7 cm³/mol. The molecule has 0 aliphatic carbocycles. The van der Waals surface area contributed by atoms with Gasteiger partial charge in [0.15, 0.2) is 5.65 Å². The van der Waals surface area contributed by atoms with Crippen LogP contribution in [0.15, 0.2) is 29.5 Å². The van der Waals surface area contributed by atoms with Crippen molar-refractivity contribution in [3.05, 3.63) is 35.0 Å². The van der Waals surface area contributed by atoms with Crippen molar-refractivity contribution >= 4 is 16.9 Å². The van der Waals surface area contributed by atoms with Crippen LogP contribution in [0.2, 0.25) is 0 Å². The quantitative estimate of drug-likeness (QED) is 0.878. The minimum Gasteiger partial charge on any atom is -0.352 e. The van der Waals surface area contributed by atoms with Gasteiger partial charge in [-0.25, -0.2) is 9.97 Å². The molecule has 2 aromatic rings. The molecule has 0 spiro atoms. The molecular weight excluding hydrogens is 244 g/mol. The molecule has 0 saturated carbocycles. The van der Waals surface area contributed by atoms with Crippen molar-refractivity contribution in [1.29, 1.82) is 0 Å². The number of rotatable bonds is 4. The van der Waals surface area contributed by atoms with E-state index in [1.807, 2.05) is 13.8 Å². The summed E-state index contributed by atoms with van der Waals surface area (Å²) >= 11 is 0. The van der Waals surface area contributed by atoms with Gasteiger partial charge in [-0.2, -0.15) is 0 Å². The van der Waals surface area contributed by atoms with E-state index in [-0.39, 0.29) is 24.1 Å². The molecule has 19 heavy (non-hydrogen) atoms. The van der Waals surface area contributed by atoms with Crippen molar-refractivity contribution in [3.63, 3.8) is 0 Å². The van der Waals surface area contributed by atoms with Gasteiger partial charge < -0.3 is 5.32 Å². The Hall–Kier alpha value is -2.24. The van der Waals surface area contributed by atoms with Gasteiger partial charge in [0.1, 0.15) is 12.9 Å². The summed E-state index contributed by atoms with van der Waals surface area (Å²) in [5.41, 5.74) is 0.142. The van der Waals surface area contributed by atoms with Crippen LogP contribution in [0.4, 0.5) is 0 Å². The first-order chi connectivity index (χ1) is 9.11. The average Bonchev–Trinajstić information content (AvgIpc) is 2.42. The number of hydrogen-bond donors (Lipinski definition) is 1. The smallest absolute Gasteiger partial charge is 0.263 e. The molecule has 0 unspecified atom stereocenters. The van der Waals surface area contributed by atoms with Crippen molar-refractivity contribution < 1.29 is 4.79 Å². The van der Waals surface area contributed by atoms with Crippen LogP contribution in [0.25, 0.3) is 11.0 Å². The zero-order valence-corrected chi connectivity index (χ0v) is 11.0. The van der Waals surface area contributed by atoms with E-state index in [0.717, 1.165) is 6.42 Å². The van der Waals surface area contributed by atoms with Crippen molar-refractivity contribution in [2.45, 2.75) is 32.9 Å². The highest BCUT2D eigenvalue weighted by atomic mass is 16.2. The summed E-state index contributed by atoms with van der Waals surface area (Å²) in [6.45, 7) is 3.88. The molecule has 1 N–H and O–H groups in total. The highest BCUT2D eigenvalue weighted by Crippen LogP contribution is 2.00. The zero-order valence-electron chi connectivity index (χ0n) is 11.0. The third kappa shape index (κ3) is 2.96. The Morgan fingerprint density at radius 3 is 3.00 bits per heavy atom. The number of hydrogen-bond acceptors (Lipinski definition) is 4. The zero-order chi connectivity index (χ0) is 13.8. The molecule has 2 rings (SSSR count). The van der Waals surface area contributed by atoms with Gasteiger partial charge in [-0.15, -0.1) is 0 Å². The maximum absolute atomic E-state index is 12.1. The summed E-state index contributed by atoms with van der Waals surface area (Å²) in [5, 5.41) is 3.23. The Morgan fingerprint density at radius 1 is 1.47 bits per heavy atom. The minimum atomic E-state index is -0.252. The topological polar surface area (TPSA) is 76.9 Å². The van der Waals surface area contributed by atoms with Gasteiger partial charge in [0.25, 0.3) is 5.56 Å². The molecule has 0 fully saturated rings. The summed E-state index contributed by atoms with van der Waals surface area (Å²) in [4.78, 5) is 31.9. The first-order valence-electron chi connectivity index (χ1n) is 6.21. The van der Waals surface area contributed by atoms with Gasteiger partial charge in [0.2, 0.25) is 5.91 Å². The van der Waals surface area contributed by atoms with Crippen LogP contribution in [0.3, 0.4) is 0 Å². The summed E-state index contributed by atoms with van der Waals surface area (Å²) in [7, 11) is 0. The molecule has 2 aromatic heterocycles. The number of aromatic nitrogens is 3. The van der Waals surface area contributed by atoms with Crippen LogP contribution >= 0.6 is 0 Å². The third-order valence-corrected chi connectivity index (χ3v) is 2.93.